The van der Waals surface area contributed by atoms with E-state index in [9.17, 15) is 4.79 Å². The van der Waals surface area contributed by atoms with Crippen molar-refractivity contribution in [2.24, 2.45) is 0 Å². The topological polar surface area (TPSA) is 43.1 Å². The monoisotopic (exact) mass is 157 g/mol. The van der Waals surface area contributed by atoms with Crippen LogP contribution in [-0.2, 0) is 0 Å². The van der Waals surface area contributed by atoms with Crippen molar-refractivity contribution in [1.29, 1.82) is 0 Å². The first kappa shape index (κ1) is 8.98. The van der Waals surface area contributed by atoms with E-state index in [-0.39, 0.29) is 12.4 Å². The Morgan fingerprint density at radius 2 is 2.10 bits per heavy atom. The van der Waals surface area contributed by atoms with Crippen molar-refractivity contribution >= 4 is 24.4 Å². The van der Waals surface area contributed by atoms with E-state index in [0.29, 0.717) is 11.3 Å². The van der Waals surface area contributed by atoms with Crippen molar-refractivity contribution in [3.05, 3.63) is 29.8 Å². The molecular formula is C7H8ClNO. The van der Waals surface area contributed by atoms with Crippen molar-refractivity contribution in [2.45, 2.75) is 0 Å². The number of hydrogen-bond acceptors (Lipinski definition) is 2. The number of carbonyl (C=O) groups is 1. The second-order valence-corrected chi connectivity index (χ2v) is 1.79. The summed E-state index contributed by atoms with van der Waals surface area (Å²) in [5.41, 5.74) is 6.62. The molecule has 1 rings (SSSR count). The van der Waals surface area contributed by atoms with Gasteiger partial charge >= 0.3 is 0 Å². The Labute approximate surface area is 65.5 Å². The van der Waals surface area contributed by atoms with Crippen molar-refractivity contribution in [2.75, 3.05) is 5.73 Å². The van der Waals surface area contributed by atoms with Crippen LogP contribution in [0, 0.1) is 0 Å². The van der Waals surface area contributed by atoms with Gasteiger partial charge in [-0.1, -0.05) is 12.1 Å². The summed E-state index contributed by atoms with van der Waals surface area (Å²) in [6.45, 7) is 0. The molecule has 0 radical (unpaired) electrons. The standard InChI is InChI=1S/C7H7NO.ClH/c8-7-3-1-2-6(4-7)5-9;/h1-5H,8H2;1H. The molecule has 0 unspecified atom stereocenters. The number of nitrogen functional groups attached to an aromatic ring is 1. The van der Waals surface area contributed by atoms with Gasteiger partial charge in [0.05, 0.1) is 0 Å². The summed E-state index contributed by atoms with van der Waals surface area (Å²) in [6.07, 6.45) is 0.774. The van der Waals surface area contributed by atoms with E-state index < -0.39 is 0 Å². The molecule has 2 nitrogen and oxygen atoms in total. The molecule has 0 saturated heterocycles. The van der Waals surface area contributed by atoms with Gasteiger partial charge in [-0.3, -0.25) is 4.79 Å². The number of benzene rings is 1. The molecule has 0 spiro atoms. The van der Waals surface area contributed by atoms with E-state index in [2.05, 4.69) is 0 Å². The normalized spacial score (nSPS) is 8.00. The molecule has 0 aliphatic heterocycles. The maximum absolute atomic E-state index is 10.1. The zero-order valence-electron chi connectivity index (χ0n) is 5.28. The maximum atomic E-state index is 10.1. The average Bonchev–Trinajstić information content (AvgIpc) is 1.88. The van der Waals surface area contributed by atoms with Crippen LogP contribution in [0.3, 0.4) is 0 Å². The highest BCUT2D eigenvalue weighted by Crippen LogP contribution is 2.02. The molecule has 54 valence electrons. The summed E-state index contributed by atoms with van der Waals surface area (Å²) in [4.78, 5) is 10.1. The smallest absolute Gasteiger partial charge is 0.150 e. The Morgan fingerprint density at radius 1 is 1.40 bits per heavy atom. The third kappa shape index (κ3) is 2.07. The largest absolute Gasteiger partial charge is 0.399 e. The minimum atomic E-state index is 0. The Kier molecular flexibility index (Phi) is 3.51. The predicted molar refractivity (Wildman–Crippen MR) is 43.5 cm³/mol. The molecule has 0 aliphatic rings. The Hall–Kier alpha value is -1.02. The van der Waals surface area contributed by atoms with Gasteiger partial charge in [-0.2, -0.15) is 0 Å². The molecule has 0 aromatic heterocycles. The fourth-order valence-corrected chi connectivity index (χ4v) is 0.632. The third-order valence-corrected chi connectivity index (χ3v) is 1.05. The molecule has 1 aromatic carbocycles. The second kappa shape index (κ2) is 3.90. The zero-order valence-corrected chi connectivity index (χ0v) is 6.10. The van der Waals surface area contributed by atoms with Gasteiger partial charge in [0.2, 0.25) is 0 Å². The third-order valence-electron chi connectivity index (χ3n) is 1.05. The second-order valence-electron chi connectivity index (χ2n) is 1.79. The van der Waals surface area contributed by atoms with Crippen LogP contribution in [0.4, 0.5) is 5.69 Å². The Bertz CT molecular complexity index is 225. The van der Waals surface area contributed by atoms with Crippen LogP contribution in [0.15, 0.2) is 24.3 Å². The Morgan fingerprint density at radius 3 is 2.50 bits per heavy atom. The lowest BCUT2D eigenvalue weighted by Crippen LogP contribution is -1.85. The summed E-state index contributed by atoms with van der Waals surface area (Å²) >= 11 is 0. The molecular weight excluding hydrogens is 150 g/mol. The van der Waals surface area contributed by atoms with Gasteiger partial charge in [0.25, 0.3) is 0 Å². The van der Waals surface area contributed by atoms with Crippen LogP contribution >= 0.6 is 12.4 Å². The summed E-state index contributed by atoms with van der Waals surface area (Å²) in [7, 11) is 0. The first-order valence-electron chi connectivity index (χ1n) is 2.63. The molecule has 0 saturated carbocycles. The van der Waals surface area contributed by atoms with E-state index >= 15 is 0 Å². The van der Waals surface area contributed by atoms with Gasteiger partial charge in [0.1, 0.15) is 6.29 Å². The zero-order chi connectivity index (χ0) is 6.69. The van der Waals surface area contributed by atoms with Gasteiger partial charge in [0, 0.05) is 11.3 Å². The summed E-state index contributed by atoms with van der Waals surface area (Å²) < 4.78 is 0. The van der Waals surface area contributed by atoms with E-state index in [1.807, 2.05) is 0 Å². The van der Waals surface area contributed by atoms with E-state index in [4.69, 9.17) is 5.73 Å². The number of carbonyl (C=O) groups excluding carboxylic acids is 1. The predicted octanol–water partition coefficient (Wildman–Crippen LogP) is 1.50. The van der Waals surface area contributed by atoms with E-state index in [1.165, 1.54) is 0 Å². The summed E-state index contributed by atoms with van der Waals surface area (Å²) in [5.74, 6) is 0. The lowest BCUT2D eigenvalue weighted by atomic mass is 10.2. The summed E-state index contributed by atoms with van der Waals surface area (Å²) in [6, 6.07) is 6.84. The molecule has 0 aliphatic carbocycles. The van der Waals surface area contributed by atoms with Crippen LogP contribution in [0.25, 0.3) is 0 Å². The quantitative estimate of drug-likeness (QED) is 0.496. The number of hydrogen-bond donors (Lipinski definition) is 1. The maximum Gasteiger partial charge on any atom is 0.150 e. The minimum absolute atomic E-state index is 0. The molecule has 2 N–H and O–H groups in total. The van der Waals surface area contributed by atoms with Crippen LogP contribution in [0.5, 0.6) is 0 Å². The van der Waals surface area contributed by atoms with Crippen LogP contribution < -0.4 is 5.73 Å². The molecule has 10 heavy (non-hydrogen) atoms. The van der Waals surface area contributed by atoms with Gasteiger partial charge < -0.3 is 5.73 Å². The SMILES string of the molecule is Cl.Nc1cccc(C=O)c1. The fourth-order valence-electron chi connectivity index (χ4n) is 0.632. The Balaban J connectivity index is 0.000000810. The van der Waals surface area contributed by atoms with Crippen LogP contribution in [-0.4, -0.2) is 6.29 Å². The lowest BCUT2D eigenvalue weighted by Gasteiger charge is -1.90. The van der Waals surface area contributed by atoms with Crippen molar-refractivity contribution in [3.63, 3.8) is 0 Å². The highest BCUT2D eigenvalue weighted by molar-refractivity contribution is 5.85. The molecule has 0 atom stereocenters. The molecule has 0 amide bonds. The lowest BCUT2D eigenvalue weighted by molar-refractivity contribution is 0.112. The highest BCUT2D eigenvalue weighted by Gasteiger charge is 1.86. The van der Waals surface area contributed by atoms with E-state index in [0.717, 1.165) is 6.29 Å². The van der Waals surface area contributed by atoms with Crippen LogP contribution in [0.1, 0.15) is 10.4 Å². The van der Waals surface area contributed by atoms with Crippen LogP contribution in [0.2, 0.25) is 0 Å². The number of anilines is 1. The molecule has 0 heterocycles. The number of aldehydes is 1. The van der Waals surface area contributed by atoms with E-state index in [1.54, 1.807) is 24.3 Å². The van der Waals surface area contributed by atoms with Gasteiger partial charge in [-0.15, -0.1) is 12.4 Å². The molecule has 0 fully saturated rings. The van der Waals surface area contributed by atoms with Crippen molar-refractivity contribution in [1.82, 2.24) is 0 Å². The molecule has 0 bridgehead atoms. The first-order valence-corrected chi connectivity index (χ1v) is 2.63. The molecule has 1 aromatic rings. The van der Waals surface area contributed by atoms with Crippen molar-refractivity contribution in [3.8, 4) is 0 Å². The van der Waals surface area contributed by atoms with Gasteiger partial charge in [-0.25, -0.2) is 0 Å². The number of nitrogens with two attached hydrogens (primary N) is 1. The first-order chi connectivity index (χ1) is 4.33. The number of rotatable bonds is 1. The van der Waals surface area contributed by atoms with Gasteiger partial charge in [0.15, 0.2) is 0 Å². The minimum Gasteiger partial charge on any atom is -0.399 e. The molecule has 3 heteroatoms. The average molecular weight is 158 g/mol. The number of halogens is 1. The van der Waals surface area contributed by atoms with Crippen molar-refractivity contribution < 1.29 is 4.79 Å². The summed E-state index contributed by atoms with van der Waals surface area (Å²) in [5, 5.41) is 0. The highest BCUT2D eigenvalue weighted by atomic mass is 35.5. The van der Waals surface area contributed by atoms with Gasteiger partial charge in [-0.05, 0) is 12.1 Å². The fraction of sp³-hybridized carbons (Fsp3) is 0.